The summed E-state index contributed by atoms with van der Waals surface area (Å²) < 4.78 is 0. The van der Waals surface area contributed by atoms with Crippen LogP contribution in [0.2, 0.25) is 0 Å². The van der Waals surface area contributed by atoms with Gasteiger partial charge in [-0.15, -0.1) is 0 Å². The lowest BCUT2D eigenvalue weighted by Crippen LogP contribution is -2.41. The molecule has 1 aromatic rings. The van der Waals surface area contributed by atoms with E-state index in [0.717, 1.165) is 25.8 Å². The molecule has 2 N–H and O–H groups in total. The van der Waals surface area contributed by atoms with Crippen LogP contribution in [0.3, 0.4) is 0 Å². The Labute approximate surface area is 108 Å². The average molecular weight is 253 g/mol. The average Bonchev–Trinajstić information content (AvgIpc) is 2.80. The predicted octanol–water partition coefficient (Wildman–Crippen LogP) is 2.96. The number of piperidine rings is 1. The van der Waals surface area contributed by atoms with Gasteiger partial charge in [0.2, 0.25) is 0 Å². The number of hydrogen-bond donors (Lipinski definition) is 2. The van der Waals surface area contributed by atoms with E-state index in [4.69, 9.17) is 0 Å². The highest BCUT2D eigenvalue weighted by atomic mass is 32.1. The summed E-state index contributed by atoms with van der Waals surface area (Å²) >= 11 is 1.73. The lowest BCUT2D eigenvalue weighted by molar-refractivity contribution is 0.0288. The van der Waals surface area contributed by atoms with E-state index in [-0.39, 0.29) is 0 Å². The van der Waals surface area contributed by atoms with Gasteiger partial charge in [-0.3, -0.25) is 0 Å². The summed E-state index contributed by atoms with van der Waals surface area (Å²) in [7, 11) is 0. The number of nitrogens with one attached hydrogen (secondary N) is 1. The largest absolute Gasteiger partial charge is 0.390 e. The molecule has 2 atom stereocenters. The minimum atomic E-state index is -0.531. The fraction of sp³-hybridized carbons (Fsp3) is 0.714. The van der Waals surface area contributed by atoms with Crippen molar-refractivity contribution in [3.63, 3.8) is 0 Å². The third kappa shape index (κ3) is 4.41. The zero-order valence-corrected chi connectivity index (χ0v) is 11.4. The predicted molar refractivity (Wildman–Crippen MR) is 73.5 cm³/mol. The van der Waals surface area contributed by atoms with Crippen LogP contribution in [0.15, 0.2) is 16.8 Å². The molecule has 0 aromatic carbocycles. The molecule has 17 heavy (non-hydrogen) atoms. The Morgan fingerprint density at radius 1 is 1.53 bits per heavy atom. The Morgan fingerprint density at radius 3 is 3.06 bits per heavy atom. The second-order valence-corrected chi connectivity index (χ2v) is 6.26. The first-order valence-electron chi connectivity index (χ1n) is 6.63. The van der Waals surface area contributed by atoms with Crippen molar-refractivity contribution in [2.75, 3.05) is 6.54 Å². The van der Waals surface area contributed by atoms with Gasteiger partial charge in [-0.1, -0.05) is 6.42 Å². The molecule has 2 rings (SSSR count). The Kier molecular flexibility index (Phi) is 4.60. The summed E-state index contributed by atoms with van der Waals surface area (Å²) in [5, 5.41) is 18.2. The van der Waals surface area contributed by atoms with Crippen LogP contribution >= 0.6 is 11.3 Å². The first kappa shape index (κ1) is 13.1. The molecule has 0 bridgehead atoms. The van der Waals surface area contributed by atoms with Crippen LogP contribution in [-0.2, 0) is 6.42 Å². The van der Waals surface area contributed by atoms with Gasteiger partial charge in [0.05, 0.1) is 5.60 Å². The maximum Gasteiger partial charge on any atom is 0.0637 e. The van der Waals surface area contributed by atoms with Gasteiger partial charge in [0, 0.05) is 6.04 Å². The van der Waals surface area contributed by atoms with Crippen molar-refractivity contribution in [1.82, 2.24) is 5.32 Å². The van der Waals surface area contributed by atoms with Crippen molar-refractivity contribution < 1.29 is 5.11 Å². The maximum absolute atomic E-state index is 10.4. The normalized spacial score (nSPS) is 24.5. The molecule has 0 aliphatic carbocycles. The molecule has 1 saturated heterocycles. The number of rotatable bonds is 5. The van der Waals surface area contributed by atoms with Crippen molar-refractivity contribution in [2.24, 2.45) is 0 Å². The van der Waals surface area contributed by atoms with Gasteiger partial charge in [0.1, 0.15) is 0 Å². The second kappa shape index (κ2) is 5.98. The van der Waals surface area contributed by atoms with E-state index < -0.39 is 5.60 Å². The number of aryl methyl sites for hydroxylation is 1. The molecule has 1 aliphatic rings. The van der Waals surface area contributed by atoms with Gasteiger partial charge in [0.15, 0.2) is 0 Å². The van der Waals surface area contributed by atoms with E-state index in [0.29, 0.717) is 6.04 Å². The lowest BCUT2D eigenvalue weighted by Gasteiger charge is -2.31. The third-order valence-electron chi connectivity index (χ3n) is 3.63. The SMILES string of the molecule is CC(O)(CCc1ccsc1)CC1CCCCN1. The summed E-state index contributed by atoms with van der Waals surface area (Å²) in [6.07, 6.45) is 6.54. The van der Waals surface area contributed by atoms with Gasteiger partial charge in [0.25, 0.3) is 0 Å². The molecule has 96 valence electrons. The summed E-state index contributed by atoms with van der Waals surface area (Å²) in [5.74, 6) is 0. The Bertz CT molecular complexity index is 315. The topological polar surface area (TPSA) is 32.3 Å². The third-order valence-corrected chi connectivity index (χ3v) is 4.36. The van der Waals surface area contributed by atoms with Crippen LogP contribution in [0.1, 0.15) is 44.6 Å². The molecule has 2 heterocycles. The quantitative estimate of drug-likeness (QED) is 0.845. The van der Waals surface area contributed by atoms with Crippen molar-refractivity contribution in [1.29, 1.82) is 0 Å². The smallest absolute Gasteiger partial charge is 0.0637 e. The lowest BCUT2D eigenvalue weighted by atomic mass is 9.88. The highest BCUT2D eigenvalue weighted by molar-refractivity contribution is 7.07. The molecular formula is C14H23NOS. The molecule has 3 heteroatoms. The Morgan fingerprint density at radius 2 is 2.41 bits per heavy atom. The molecule has 2 unspecified atom stereocenters. The monoisotopic (exact) mass is 253 g/mol. The Hall–Kier alpha value is -0.380. The van der Waals surface area contributed by atoms with Crippen LogP contribution in [0.5, 0.6) is 0 Å². The van der Waals surface area contributed by atoms with Crippen molar-refractivity contribution in [2.45, 2.75) is 57.1 Å². The van der Waals surface area contributed by atoms with Crippen molar-refractivity contribution in [3.05, 3.63) is 22.4 Å². The molecular weight excluding hydrogens is 230 g/mol. The highest BCUT2D eigenvalue weighted by Gasteiger charge is 2.26. The highest BCUT2D eigenvalue weighted by Crippen LogP contribution is 2.23. The van der Waals surface area contributed by atoms with Gasteiger partial charge in [-0.05, 0) is 68.0 Å². The molecule has 2 nitrogen and oxygen atoms in total. The van der Waals surface area contributed by atoms with Gasteiger partial charge in [-0.25, -0.2) is 0 Å². The van der Waals surface area contributed by atoms with Crippen LogP contribution in [0.25, 0.3) is 0 Å². The minimum Gasteiger partial charge on any atom is -0.390 e. The van der Waals surface area contributed by atoms with Crippen LogP contribution in [-0.4, -0.2) is 23.3 Å². The van der Waals surface area contributed by atoms with Gasteiger partial charge in [-0.2, -0.15) is 11.3 Å². The standard InChI is InChI=1S/C14H23NOS/c1-14(16,7-5-12-6-9-17-11-12)10-13-4-2-3-8-15-13/h6,9,11,13,15-16H,2-5,7-8,10H2,1H3. The summed E-state index contributed by atoms with van der Waals surface area (Å²) in [6, 6.07) is 2.67. The van der Waals surface area contributed by atoms with E-state index >= 15 is 0 Å². The second-order valence-electron chi connectivity index (χ2n) is 5.48. The fourth-order valence-corrected chi connectivity index (χ4v) is 3.28. The van der Waals surface area contributed by atoms with E-state index in [1.54, 1.807) is 11.3 Å². The molecule has 0 radical (unpaired) electrons. The van der Waals surface area contributed by atoms with Crippen LogP contribution in [0, 0.1) is 0 Å². The van der Waals surface area contributed by atoms with E-state index in [1.807, 2.05) is 6.92 Å². The van der Waals surface area contributed by atoms with Gasteiger partial charge >= 0.3 is 0 Å². The van der Waals surface area contributed by atoms with E-state index in [2.05, 4.69) is 22.1 Å². The van der Waals surface area contributed by atoms with E-state index in [1.165, 1.54) is 24.8 Å². The number of hydrogen-bond acceptors (Lipinski definition) is 3. The first-order chi connectivity index (χ1) is 8.16. The molecule has 0 spiro atoms. The fourth-order valence-electron chi connectivity index (χ4n) is 2.58. The molecule has 1 fully saturated rings. The maximum atomic E-state index is 10.4. The first-order valence-corrected chi connectivity index (χ1v) is 7.57. The molecule has 1 aromatic heterocycles. The van der Waals surface area contributed by atoms with Crippen LogP contribution in [0.4, 0.5) is 0 Å². The molecule has 1 aliphatic heterocycles. The molecule has 0 amide bonds. The molecule has 0 saturated carbocycles. The van der Waals surface area contributed by atoms with Crippen molar-refractivity contribution >= 4 is 11.3 Å². The number of thiophene rings is 1. The number of aliphatic hydroxyl groups is 1. The summed E-state index contributed by atoms with van der Waals surface area (Å²) in [4.78, 5) is 0. The zero-order valence-electron chi connectivity index (χ0n) is 10.6. The van der Waals surface area contributed by atoms with Gasteiger partial charge < -0.3 is 10.4 Å². The van der Waals surface area contributed by atoms with E-state index in [9.17, 15) is 5.11 Å². The minimum absolute atomic E-state index is 0.515. The Balaban J connectivity index is 1.77. The zero-order chi connectivity index (χ0) is 12.1. The summed E-state index contributed by atoms with van der Waals surface area (Å²) in [5.41, 5.74) is 0.823. The van der Waals surface area contributed by atoms with Crippen LogP contribution < -0.4 is 5.32 Å². The van der Waals surface area contributed by atoms with Crippen molar-refractivity contribution in [3.8, 4) is 0 Å². The summed E-state index contributed by atoms with van der Waals surface area (Å²) in [6.45, 7) is 3.10.